The molecular weight excluding hydrogens is 221 g/mol. The second kappa shape index (κ2) is 3.77. The van der Waals surface area contributed by atoms with Crippen molar-refractivity contribution in [2.24, 2.45) is 0 Å². The monoisotopic (exact) mass is 232 g/mol. The molecule has 2 rings (SSSR count). The van der Waals surface area contributed by atoms with Crippen LogP contribution >= 0.6 is 0 Å². The molecule has 0 spiro atoms. The van der Waals surface area contributed by atoms with E-state index < -0.39 is 6.36 Å². The fourth-order valence-corrected chi connectivity index (χ4v) is 1.58. The van der Waals surface area contributed by atoms with E-state index in [1.165, 1.54) is 12.1 Å². The van der Waals surface area contributed by atoms with Crippen LogP contribution in [0.4, 0.5) is 24.5 Å². The third-order valence-corrected chi connectivity index (χ3v) is 2.29. The van der Waals surface area contributed by atoms with Crippen molar-refractivity contribution in [2.45, 2.75) is 25.9 Å². The lowest BCUT2D eigenvalue weighted by Crippen LogP contribution is -2.20. The van der Waals surface area contributed by atoms with Gasteiger partial charge in [0.2, 0.25) is 0 Å². The summed E-state index contributed by atoms with van der Waals surface area (Å²) in [7, 11) is 0. The highest BCUT2D eigenvalue weighted by molar-refractivity contribution is 5.75. The van der Waals surface area contributed by atoms with Crippen LogP contribution in [0.15, 0.2) is 18.2 Å². The molecule has 0 aliphatic carbocycles. The predicted molar refractivity (Wildman–Crippen MR) is 54.4 cm³/mol. The molecule has 0 bridgehead atoms. The lowest BCUT2D eigenvalue weighted by atomic mass is 10.2. The van der Waals surface area contributed by atoms with Crippen molar-refractivity contribution in [3.05, 3.63) is 18.2 Å². The number of hydrogen-bond donors (Lipinski definition) is 2. The van der Waals surface area contributed by atoms with Gasteiger partial charge in [0.05, 0.1) is 17.5 Å². The van der Waals surface area contributed by atoms with Gasteiger partial charge in [0.1, 0.15) is 5.75 Å². The van der Waals surface area contributed by atoms with Crippen LogP contribution in [0.2, 0.25) is 0 Å². The summed E-state index contributed by atoms with van der Waals surface area (Å²) >= 11 is 0. The normalized spacial score (nSPS) is 18.6. The molecule has 0 saturated heterocycles. The first-order chi connectivity index (χ1) is 7.48. The fraction of sp³-hybridized carbons (Fsp3) is 0.400. The van der Waals surface area contributed by atoms with Crippen molar-refractivity contribution >= 4 is 11.4 Å². The lowest BCUT2D eigenvalue weighted by Gasteiger charge is -2.09. The molecule has 16 heavy (non-hydrogen) atoms. The number of benzene rings is 1. The molecule has 2 N–H and O–H groups in total. The summed E-state index contributed by atoms with van der Waals surface area (Å²) < 4.78 is 39.8. The number of hydrogen-bond acceptors (Lipinski definition) is 3. The summed E-state index contributed by atoms with van der Waals surface area (Å²) in [6.07, 6.45) is -3.75. The molecule has 1 aliphatic heterocycles. The molecule has 88 valence electrons. The third-order valence-electron chi connectivity index (χ3n) is 2.29. The summed E-state index contributed by atoms with van der Waals surface area (Å²) in [5.41, 5.74) is 1.43. The Labute approximate surface area is 90.6 Å². The van der Waals surface area contributed by atoms with E-state index in [0.717, 1.165) is 12.1 Å². The minimum atomic E-state index is -4.65. The zero-order chi connectivity index (χ0) is 11.8. The molecule has 0 radical (unpaired) electrons. The summed E-state index contributed by atoms with van der Waals surface area (Å²) in [5, 5.41) is 6.18. The van der Waals surface area contributed by atoms with E-state index in [1.807, 2.05) is 6.92 Å². The molecule has 0 amide bonds. The van der Waals surface area contributed by atoms with Crippen molar-refractivity contribution in [3.8, 4) is 5.75 Å². The first-order valence-corrected chi connectivity index (χ1v) is 4.91. The number of fused-ring (bicyclic) bond motifs is 1. The van der Waals surface area contributed by atoms with E-state index in [-0.39, 0.29) is 11.9 Å². The molecule has 1 aromatic carbocycles. The van der Waals surface area contributed by atoms with Gasteiger partial charge in [-0.3, -0.25) is 0 Å². The number of halogens is 3. The third kappa shape index (κ3) is 2.32. The Hall–Kier alpha value is -1.59. The van der Waals surface area contributed by atoms with E-state index in [1.54, 1.807) is 6.07 Å². The Balaban J connectivity index is 2.16. The number of ether oxygens (including phenoxy) is 1. The van der Waals surface area contributed by atoms with Gasteiger partial charge in [0.15, 0.2) is 0 Å². The van der Waals surface area contributed by atoms with E-state index in [2.05, 4.69) is 15.4 Å². The zero-order valence-electron chi connectivity index (χ0n) is 8.56. The molecular formula is C10H11F3N2O. The van der Waals surface area contributed by atoms with Crippen molar-refractivity contribution in [1.82, 2.24) is 0 Å². The maximum absolute atomic E-state index is 12.0. The molecule has 1 aliphatic rings. The maximum Gasteiger partial charge on any atom is 0.573 e. The molecule has 1 heterocycles. The van der Waals surface area contributed by atoms with Crippen LogP contribution in [-0.4, -0.2) is 12.5 Å². The number of anilines is 2. The van der Waals surface area contributed by atoms with Crippen molar-refractivity contribution in [1.29, 1.82) is 0 Å². The van der Waals surface area contributed by atoms with E-state index in [9.17, 15) is 13.2 Å². The van der Waals surface area contributed by atoms with Gasteiger partial charge in [-0.25, -0.2) is 0 Å². The fourth-order valence-electron chi connectivity index (χ4n) is 1.58. The SMILES string of the molecule is CCC1Nc2ccc(OC(F)(F)F)cc2N1. The number of rotatable bonds is 2. The summed E-state index contributed by atoms with van der Waals surface area (Å²) in [4.78, 5) is 0. The highest BCUT2D eigenvalue weighted by atomic mass is 19.4. The Morgan fingerprint density at radius 1 is 1.25 bits per heavy atom. The van der Waals surface area contributed by atoms with E-state index in [0.29, 0.717) is 5.69 Å². The van der Waals surface area contributed by atoms with Crippen LogP contribution in [0.5, 0.6) is 5.75 Å². The standard InChI is InChI=1S/C10H11F3N2O/c1-2-9-14-7-4-3-6(5-8(7)15-9)16-10(11,12)13/h3-5,9,14-15H,2H2,1H3. The topological polar surface area (TPSA) is 33.3 Å². The van der Waals surface area contributed by atoms with E-state index in [4.69, 9.17) is 0 Å². The van der Waals surface area contributed by atoms with Gasteiger partial charge >= 0.3 is 6.36 Å². The number of nitrogens with one attached hydrogen (secondary N) is 2. The summed E-state index contributed by atoms with van der Waals surface area (Å²) in [6, 6.07) is 4.20. The lowest BCUT2D eigenvalue weighted by molar-refractivity contribution is -0.274. The van der Waals surface area contributed by atoms with Gasteiger partial charge in [-0.1, -0.05) is 6.92 Å². The van der Waals surface area contributed by atoms with E-state index >= 15 is 0 Å². The van der Waals surface area contributed by atoms with Crippen LogP contribution in [-0.2, 0) is 0 Å². The smallest absolute Gasteiger partial charge is 0.406 e. The van der Waals surface area contributed by atoms with Gasteiger partial charge < -0.3 is 15.4 Å². The minimum absolute atomic E-state index is 0.0659. The average Bonchev–Trinajstić information content (AvgIpc) is 2.57. The Bertz CT molecular complexity index is 392. The van der Waals surface area contributed by atoms with Gasteiger partial charge in [0, 0.05) is 6.07 Å². The second-order valence-electron chi connectivity index (χ2n) is 3.50. The van der Waals surface area contributed by atoms with Crippen molar-refractivity contribution in [2.75, 3.05) is 10.6 Å². The van der Waals surface area contributed by atoms with Crippen LogP contribution in [0.1, 0.15) is 13.3 Å². The molecule has 6 heteroatoms. The van der Waals surface area contributed by atoms with Gasteiger partial charge in [-0.05, 0) is 18.6 Å². The molecule has 1 unspecified atom stereocenters. The maximum atomic E-state index is 12.0. The minimum Gasteiger partial charge on any atom is -0.406 e. The molecule has 0 saturated carbocycles. The second-order valence-corrected chi connectivity index (χ2v) is 3.50. The largest absolute Gasteiger partial charge is 0.573 e. The quantitative estimate of drug-likeness (QED) is 0.821. The van der Waals surface area contributed by atoms with Gasteiger partial charge in [-0.2, -0.15) is 0 Å². The van der Waals surface area contributed by atoms with Crippen LogP contribution in [0.25, 0.3) is 0 Å². The summed E-state index contributed by atoms with van der Waals surface area (Å²) in [5.74, 6) is -0.211. The Morgan fingerprint density at radius 2 is 1.94 bits per heavy atom. The molecule has 3 nitrogen and oxygen atoms in total. The highest BCUT2D eigenvalue weighted by Crippen LogP contribution is 2.34. The zero-order valence-corrected chi connectivity index (χ0v) is 8.56. The van der Waals surface area contributed by atoms with Crippen molar-refractivity contribution < 1.29 is 17.9 Å². The Morgan fingerprint density at radius 3 is 2.56 bits per heavy atom. The average molecular weight is 232 g/mol. The summed E-state index contributed by atoms with van der Waals surface area (Å²) in [6.45, 7) is 1.98. The highest BCUT2D eigenvalue weighted by Gasteiger charge is 2.31. The van der Waals surface area contributed by atoms with Crippen LogP contribution in [0, 0.1) is 0 Å². The molecule has 0 aromatic heterocycles. The Kier molecular flexibility index (Phi) is 2.57. The van der Waals surface area contributed by atoms with Crippen LogP contribution < -0.4 is 15.4 Å². The molecule has 1 atom stereocenters. The first kappa shape index (κ1) is 10.9. The number of alkyl halides is 3. The van der Waals surface area contributed by atoms with Gasteiger partial charge in [-0.15, -0.1) is 13.2 Å². The van der Waals surface area contributed by atoms with Crippen LogP contribution in [0.3, 0.4) is 0 Å². The molecule has 1 aromatic rings. The van der Waals surface area contributed by atoms with Gasteiger partial charge in [0.25, 0.3) is 0 Å². The van der Waals surface area contributed by atoms with Crippen molar-refractivity contribution in [3.63, 3.8) is 0 Å². The first-order valence-electron chi connectivity index (χ1n) is 4.91. The predicted octanol–water partition coefficient (Wildman–Crippen LogP) is 3.16. The molecule has 0 fully saturated rings.